The molecule has 9 nitrogen and oxygen atoms in total. The number of ether oxygens (including phenoxy) is 1. The van der Waals surface area contributed by atoms with Crippen molar-refractivity contribution in [1.82, 2.24) is 10.0 Å². The summed E-state index contributed by atoms with van der Waals surface area (Å²) in [6, 6.07) is 19.0. The summed E-state index contributed by atoms with van der Waals surface area (Å²) >= 11 is 0. The molecule has 0 saturated heterocycles. The SMILES string of the molecule is COCCNS(=O)(=O)c1ccc(CNC(=O)c2ccc(N3C(=O)c4ccccc4C3=O)cc2)cc1. The monoisotopic (exact) mass is 493 g/mol. The largest absolute Gasteiger partial charge is 0.383 e. The predicted octanol–water partition coefficient (Wildman–Crippen LogP) is 2.34. The zero-order valence-electron chi connectivity index (χ0n) is 18.9. The maximum atomic E-state index is 12.6. The highest BCUT2D eigenvalue weighted by Crippen LogP contribution is 2.28. The third-order valence-corrected chi connectivity index (χ3v) is 6.94. The van der Waals surface area contributed by atoms with E-state index < -0.39 is 21.8 Å². The highest BCUT2D eigenvalue weighted by Gasteiger charge is 2.36. The summed E-state index contributed by atoms with van der Waals surface area (Å²) in [5.74, 6) is -1.15. The van der Waals surface area contributed by atoms with Gasteiger partial charge in [-0.1, -0.05) is 24.3 Å². The second-order valence-corrected chi connectivity index (χ2v) is 9.52. The lowest BCUT2D eigenvalue weighted by Gasteiger charge is -2.14. The number of methoxy groups -OCH3 is 1. The molecule has 0 bridgehead atoms. The van der Waals surface area contributed by atoms with Crippen molar-refractivity contribution in [1.29, 1.82) is 0 Å². The zero-order chi connectivity index (χ0) is 25.0. The van der Waals surface area contributed by atoms with E-state index in [9.17, 15) is 22.8 Å². The van der Waals surface area contributed by atoms with Gasteiger partial charge in [0.05, 0.1) is 28.3 Å². The Hall–Kier alpha value is -3.86. The number of carbonyl (C=O) groups is 3. The highest BCUT2D eigenvalue weighted by molar-refractivity contribution is 7.89. The molecule has 4 rings (SSSR count). The average Bonchev–Trinajstić information content (AvgIpc) is 3.13. The first-order chi connectivity index (χ1) is 16.8. The number of benzene rings is 3. The van der Waals surface area contributed by atoms with Gasteiger partial charge in [-0.25, -0.2) is 18.0 Å². The van der Waals surface area contributed by atoms with Crippen molar-refractivity contribution >= 4 is 33.4 Å². The Balaban J connectivity index is 1.36. The van der Waals surface area contributed by atoms with Crippen LogP contribution in [0.3, 0.4) is 0 Å². The van der Waals surface area contributed by atoms with Gasteiger partial charge in [0.1, 0.15) is 0 Å². The molecule has 0 radical (unpaired) electrons. The zero-order valence-corrected chi connectivity index (χ0v) is 19.7. The van der Waals surface area contributed by atoms with Crippen molar-refractivity contribution in [3.05, 3.63) is 95.1 Å². The Morgan fingerprint density at radius 2 is 1.49 bits per heavy atom. The van der Waals surface area contributed by atoms with Gasteiger partial charge in [-0.15, -0.1) is 0 Å². The number of nitrogens with one attached hydrogen (secondary N) is 2. The number of anilines is 1. The fourth-order valence-corrected chi connectivity index (χ4v) is 4.63. The molecular weight excluding hydrogens is 470 g/mol. The molecule has 3 aromatic rings. The Morgan fingerprint density at radius 1 is 0.886 bits per heavy atom. The van der Waals surface area contributed by atoms with E-state index in [0.717, 1.165) is 10.5 Å². The summed E-state index contributed by atoms with van der Waals surface area (Å²) in [5.41, 5.74) is 2.15. The molecule has 3 aromatic carbocycles. The molecule has 0 spiro atoms. The van der Waals surface area contributed by atoms with Gasteiger partial charge in [0.15, 0.2) is 0 Å². The smallest absolute Gasteiger partial charge is 0.266 e. The number of fused-ring (bicyclic) bond motifs is 1. The van der Waals surface area contributed by atoms with Gasteiger partial charge in [0, 0.05) is 25.8 Å². The summed E-state index contributed by atoms with van der Waals surface area (Å²) in [6.07, 6.45) is 0. The van der Waals surface area contributed by atoms with E-state index in [1.807, 2.05) is 0 Å². The van der Waals surface area contributed by atoms with E-state index in [1.54, 1.807) is 48.5 Å². The molecule has 0 atom stereocenters. The molecule has 0 aliphatic carbocycles. The molecule has 1 heterocycles. The highest BCUT2D eigenvalue weighted by atomic mass is 32.2. The number of sulfonamides is 1. The van der Waals surface area contributed by atoms with Crippen LogP contribution in [0.2, 0.25) is 0 Å². The van der Waals surface area contributed by atoms with Crippen LogP contribution >= 0.6 is 0 Å². The Kier molecular flexibility index (Phi) is 7.06. The van der Waals surface area contributed by atoms with Gasteiger partial charge < -0.3 is 10.1 Å². The number of amides is 3. The lowest BCUT2D eigenvalue weighted by molar-refractivity contribution is 0.0923. The van der Waals surface area contributed by atoms with Gasteiger partial charge in [0.2, 0.25) is 10.0 Å². The van der Waals surface area contributed by atoms with Crippen LogP contribution in [0.25, 0.3) is 0 Å². The van der Waals surface area contributed by atoms with Gasteiger partial charge in [-0.05, 0) is 54.1 Å². The molecule has 3 amide bonds. The summed E-state index contributed by atoms with van der Waals surface area (Å²) in [4.78, 5) is 39.0. The molecule has 1 aliphatic heterocycles. The molecule has 0 aromatic heterocycles. The quantitative estimate of drug-likeness (QED) is 0.349. The number of hydrogen-bond acceptors (Lipinski definition) is 6. The first-order valence-corrected chi connectivity index (χ1v) is 12.2. The third-order valence-electron chi connectivity index (χ3n) is 5.47. The Labute approximate surface area is 202 Å². The molecule has 0 fully saturated rings. The maximum Gasteiger partial charge on any atom is 0.266 e. The fraction of sp³-hybridized carbons (Fsp3) is 0.160. The third kappa shape index (κ3) is 5.14. The molecule has 0 unspecified atom stereocenters. The van der Waals surface area contributed by atoms with Crippen LogP contribution < -0.4 is 14.9 Å². The van der Waals surface area contributed by atoms with Crippen LogP contribution in [0, 0.1) is 0 Å². The molecule has 2 N–H and O–H groups in total. The van der Waals surface area contributed by atoms with Crippen LogP contribution in [-0.2, 0) is 21.3 Å². The summed E-state index contributed by atoms with van der Waals surface area (Å²) < 4.78 is 31.7. The minimum Gasteiger partial charge on any atom is -0.383 e. The van der Waals surface area contributed by atoms with Crippen LogP contribution in [0.4, 0.5) is 5.69 Å². The molecular formula is C25H23N3O6S. The lowest BCUT2D eigenvalue weighted by Crippen LogP contribution is -2.29. The van der Waals surface area contributed by atoms with Gasteiger partial charge in [-0.3, -0.25) is 14.4 Å². The van der Waals surface area contributed by atoms with Crippen molar-refractivity contribution in [2.24, 2.45) is 0 Å². The molecule has 1 aliphatic rings. The van der Waals surface area contributed by atoms with Gasteiger partial charge in [0.25, 0.3) is 17.7 Å². The maximum absolute atomic E-state index is 12.6. The van der Waals surface area contributed by atoms with Gasteiger partial charge in [-0.2, -0.15) is 0 Å². The van der Waals surface area contributed by atoms with Crippen molar-refractivity contribution in [2.45, 2.75) is 11.4 Å². The number of hydrogen-bond donors (Lipinski definition) is 2. The molecule has 10 heteroatoms. The molecule has 0 saturated carbocycles. The topological polar surface area (TPSA) is 122 Å². The van der Waals surface area contributed by atoms with E-state index in [0.29, 0.717) is 22.4 Å². The van der Waals surface area contributed by atoms with Crippen LogP contribution in [0.15, 0.2) is 77.7 Å². The van der Waals surface area contributed by atoms with E-state index >= 15 is 0 Å². The normalized spacial score (nSPS) is 13.1. The average molecular weight is 494 g/mol. The number of nitrogens with zero attached hydrogens (tertiary/aromatic N) is 1. The summed E-state index contributed by atoms with van der Waals surface area (Å²) in [7, 11) is -2.14. The second kappa shape index (κ2) is 10.2. The van der Waals surface area contributed by atoms with E-state index in [-0.39, 0.29) is 30.5 Å². The fourth-order valence-electron chi connectivity index (χ4n) is 3.62. The lowest BCUT2D eigenvalue weighted by atomic mass is 10.1. The standard InChI is InChI=1S/C25H23N3O6S/c1-34-15-14-27-35(32,33)20-12-6-17(7-13-20)16-26-23(29)18-8-10-19(11-9-18)28-24(30)21-4-2-3-5-22(21)25(28)31/h2-13,27H,14-16H2,1H3,(H,26,29). The predicted molar refractivity (Wildman–Crippen MR) is 129 cm³/mol. The second-order valence-electron chi connectivity index (χ2n) is 7.76. The van der Waals surface area contributed by atoms with Crippen LogP contribution in [0.1, 0.15) is 36.6 Å². The van der Waals surface area contributed by atoms with E-state index in [4.69, 9.17) is 4.74 Å². The Morgan fingerprint density at radius 3 is 2.06 bits per heavy atom. The van der Waals surface area contributed by atoms with E-state index in [2.05, 4.69) is 10.0 Å². The van der Waals surface area contributed by atoms with Crippen molar-refractivity contribution in [2.75, 3.05) is 25.2 Å². The minimum atomic E-state index is -3.63. The Bertz CT molecular complexity index is 1330. The van der Waals surface area contributed by atoms with Crippen LogP contribution in [-0.4, -0.2) is 46.4 Å². The van der Waals surface area contributed by atoms with Crippen LogP contribution in [0.5, 0.6) is 0 Å². The first kappa shape index (κ1) is 24.3. The van der Waals surface area contributed by atoms with Crippen molar-refractivity contribution in [3.63, 3.8) is 0 Å². The van der Waals surface area contributed by atoms with Gasteiger partial charge >= 0.3 is 0 Å². The number of rotatable bonds is 9. The molecule has 35 heavy (non-hydrogen) atoms. The first-order valence-electron chi connectivity index (χ1n) is 10.8. The van der Waals surface area contributed by atoms with Crippen molar-refractivity contribution in [3.8, 4) is 0 Å². The summed E-state index contributed by atoms with van der Waals surface area (Å²) in [5, 5.41) is 2.77. The number of imide groups is 1. The number of carbonyl (C=O) groups excluding carboxylic acids is 3. The van der Waals surface area contributed by atoms with Crippen molar-refractivity contribution < 1.29 is 27.5 Å². The summed E-state index contributed by atoms with van der Waals surface area (Å²) in [6.45, 7) is 0.626. The minimum absolute atomic E-state index is 0.118. The molecule has 180 valence electrons. The van der Waals surface area contributed by atoms with E-state index in [1.165, 1.54) is 31.4 Å².